The molecule has 0 spiro atoms. The zero-order chi connectivity index (χ0) is 33.2. The summed E-state index contributed by atoms with van der Waals surface area (Å²) in [6.45, 7) is 5.54. The maximum Gasteiger partial charge on any atom is 0.243 e. The molecule has 12 nitrogen and oxygen atoms in total. The second-order valence-electron chi connectivity index (χ2n) is 12.7. The molecule has 2 atom stereocenters. The van der Waals surface area contributed by atoms with Crippen molar-refractivity contribution in [2.75, 3.05) is 26.2 Å². The van der Waals surface area contributed by atoms with Gasteiger partial charge >= 0.3 is 0 Å². The van der Waals surface area contributed by atoms with E-state index in [1.54, 1.807) is 15.6 Å². The smallest absolute Gasteiger partial charge is 0.243 e. The summed E-state index contributed by atoms with van der Waals surface area (Å²) in [4.78, 5) is 55.5. The minimum absolute atomic E-state index is 0.00738. The van der Waals surface area contributed by atoms with E-state index < -0.39 is 18.0 Å². The summed E-state index contributed by atoms with van der Waals surface area (Å²) in [5.41, 5.74) is 2.39. The van der Waals surface area contributed by atoms with Crippen molar-refractivity contribution in [2.24, 2.45) is 11.8 Å². The molecule has 1 fully saturated rings. The highest BCUT2D eigenvalue weighted by atomic mass is 16.5. The molecular weight excluding hydrogens is 598 g/mol. The van der Waals surface area contributed by atoms with E-state index in [1.165, 1.54) is 0 Å². The number of fused-ring (bicyclic) bond motifs is 4. The van der Waals surface area contributed by atoms with Crippen molar-refractivity contribution < 1.29 is 23.9 Å². The summed E-state index contributed by atoms with van der Waals surface area (Å²) in [5.74, 6) is -0.625. The number of carbonyl (C=O) groups excluding carboxylic acids is 4. The minimum Gasteiger partial charge on any atom is -0.492 e. The van der Waals surface area contributed by atoms with Crippen molar-refractivity contribution in [2.45, 2.75) is 71.0 Å². The van der Waals surface area contributed by atoms with Crippen LogP contribution in [0.3, 0.4) is 0 Å². The first-order valence-electron chi connectivity index (χ1n) is 16.6. The van der Waals surface area contributed by atoms with Gasteiger partial charge in [-0.15, -0.1) is 5.10 Å². The molecule has 0 saturated heterocycles. The standard InChI is InChI=1S/C35H45N7O5/c1-24(2)32-34(45)37-30(21-25-8-4-3-5-9-25)33(44)36-15-17-41(35(46)27-11-7-12-27)16-14-28-23-42(40-39-28)18-19-47-29-13-6-10-26(20-29)22-31(43)38-32/h3-6,8-10,13,20,23-24,27,30,32H,7,11-12,14-19,21-22H2,1-2H3,(H,36,44)(H,37,45)(H,38,43)/t30-,32+/m0/s1. The Morgan fingerprint density at radius 1 is 0.979 bits per heavy atom. The number of benzene rings is 2. The molecule has 12 heteroatoms. The van der Waals surface area contributed by atoms with Gasteiger partial charge in [0.25, 0.3) is 0 Å². The Labute approximate surface area is 275 Å². The second-order valence-corrected chi connectivity index (χ2v) is 12.7. The molecule has 3 aromatic rings. The zero-order valence-electron chi connectivity index (χ0n) is 27.2. The van der Waals surface area contributed by atoms with Crippen LogP contribution in [0.4, 0.5) is 0 Å². The van der Waals surface area contributed by atoms with Crippen molar-refractivity contribution >= 4 is 23.6 Å². The molecule has 2 heterocycles. The second kappa shape index (κ2) is 16.2. The molecule has 3 N–H and O–H groups in total. The monoisotopic (exact) mass is 643 g/mol. The lowest BCUT2D eigenvalue weighted by Gasteiger charge is -2.32. The SMILES string of the molecule is CC(C)[C@H]1NC(=O)Cc2cccc(c2)OCCn2cc(nn2)CCN(C(=O)C2CCC2)CCNC(=O)[C@H](Cc2ccccc2)NC1=O. The van der Waals surface area contributed by atoms with E-state index in [0.717, 1.165) is 36.1 Å². The van der Waals surface area contributed by atoms with Crippen LogP contribution in [-0.2, 0) is 45.0 Å². The van der Waals surface area contributed by atoms with E-state index in [2.05, 4.69) is 26.3 Å². The first-order chi connectivity index (χ1) is 22.7. The number of nitrogens with zero attached hydrogens (tertiary/aromatic N) is 4. The largest absolute Gasteiger partial charge is 0.492 e. The molecule has 1 saturated carbocycles. The first-order valence-corrected chi connectivity index (χ1v) is 16.6. The van der Waals surface area contributed by atoms with Crippen molar-refractivity contribution in [3.05, 3.63) is 77.6 Å². The lowest BCUT2D eigenvalue weighted by atomic mass is 9.84. The van der Waals surface area contributed by atoms with Gasteiger partial charge in [0.15, 0.2) is 0 Å². The Morgan fingerprint density at radius 2 is 1.79 bits per heavy atom. The van der Waals surface area contributed by atoms with E-state index in [-0.39, 0.29) is 48.9 Å². The Bertz CT molecular complexity index is 1520. The van der Waals surface area contributed by atoms with E-state index in [9.17, 15) is 19.2 Å². The first kappa shape index (κ1) is 33.6. The van der Waals surface area contributed by atoms with Crippen LogP contribution in [0, 0.1) is 11.8 Å². The summed E-state index contributed by atoms with van der Waals surface area (Å²) >= 11 is 0. The van der Waals surface area contributed by atoms with Crippen LogP contribution in [0.25, 0.3) is 0 Å². The van der Waals surface area contributed by atoms with E-state index in [1.807, 2.05) is 68.6 Å². The zero-order valence-corrected chi connectivity index (χ0v) is 27.2. The van der Waals surface area contributed by atoms with Crippen molar-refractivity contribution in [3.8, 4) is 5.75 Å². The Morgan fingerprint density at radius 3 is 2.53 bits per heavy atom. The number of hydrogen-bond donors (Lipinski definition) is 3. The molecule has 47 heavy (non-hydrogen) atoms. The van der Waals surface area contributed by atoms with E-state index in [4.69, 9.17) is 4.74 Å². The molecule has 2 aromatic carbocycles. The average molecular weight is 644 g/mol. The third-order valence-corrected chi connectivity index (χ3v) is 8.70. The number of hydrogen-bond acceptors (Lipinski definition) is 7. The molecule has 0 unspecified atom stereocenters. The van der Waals surface area contributed by atoms with Crippen LogP contribution in [0.1, 0.15) is 49.9 Å². The average Bonchev–Trinajstić information content (AvgIpc) is 3.47. The fourth-order valence-corrected chi connectivity index (χ4v) is 5.76. The molecule has 4 amide bonds. The van der Waals surface area contributed by atoms with Crippen molar-refractivity contribution in [3.63, 3.8) is 0 Å². The lowest BCUT2D eigenvalue weighted by molar-refractivity contribution is -0.138. The maximum atomic E-state index is 13.6. The fourth-order valence-electron chi connectivity index (χ4n) is 5.76. The van der Waals surface area contributed by atoms with Gasteiger partial charge in [0.05, 0.1) is 18.7 Å². The molecule has 1 aromatic heterocycles. The van der Waals surface area contributed by atoms with E-state index >= 15 is 0 Å². The van der Waals surface area contributed by atoms with Gasteiger partial charge in [-0.25, -0.2) is 4.68 Å². The highest BCUT2D eigenvalue weighted by molar-refractivity contribution is 5.92. The predicted octanol–water partition coefficient (Wildman–Crippen LogP) is 2.07. The number of ether oxygens (including phenoxy) is 1. The summed E-state index contributed by atoms with van der Waals surface area (Å²) in [6, 6.07) is 15.0. The number of aromatic nitrogens is 3. The molecule has 2 aliphatic rings. The number of carbonyl (C=O) groups is 4. The summed E-state index contributed by atoms with van der Waals surface area (Å²) in [7, 11) is 0. The van der Waals surface area contributed by atoms with Crippen LogP contribution in [0.2, 0.25) is 0 Å². The predicted molar refractivity (Wildman–Crippen MR) is 175 cm³/mol. The Balaban J connectivity index is 1.37. The van der Waals surface area contributed by atoms with Gasteiger partial charge in [-0.3, -0.25) is 19.2 Å². The van der Waals surface area contributed by atoms with Gasteiger partial charge in [0.1, 0.15) is 24.4 Å². The van der Waals surface area contributed by atoms with Crippen LogP contribution in [0.5, 0.6) is 5.75 Å². The van der Waals surface area contributed by atoms with Gasteiger partial charge < -0.3 is 25.6 Å². The summed E-state index contributed by atoms with van der Waals surface area (Å²) in [6.07, 6.45) is 5.50. The van der Waals surface area contributed by atoms with E-state index in [0.29, 0.717) is 38.4 Å². The third kappa shape index (κ3) is 9.63. The third-order valence-electron chi connectivity index (χ3n) is 8.70. The highest BCUT2D eigenvalue weighted by Gasteiger charge is 2.31. The van der Waals surface area contributed by atoms with Crippen molar-refractivity contribution in [1.82, 2.24) is 35.8 Å². The number of amides is 4. The van der Waals surface area contributed by atoms with Crippen LogP contribution in [-0.4, -0.2) is 81.8 Å². The quantitative estimate of drug-likeness (QED) is 0.395. The van der Waals surface area contributed by atoms with Gasteiger partial charge in [0.2, 0.25) is 23.6 Å². The normalized spacial score (nSPS) is 20.7. The van der Waals surface area contributed by atoms with Crippen LogP contribution in [0.15, 0.2) is 60.8 Å². The number of nitrogens with one attached hydrogen (secondary N) is 3. The summed E-state index contributed by atoms with van der Waals surface area (Å²) < 4.78 is 7.65. The molecule has 1 aliphatic carbocycles. The topological polar surface area (TPSA) is 148 Å². The van der Waals surface area contributed by atoms with Gasteiger partial charge in [0, 0.05) is 44.6 Å². The van der Waals surface area contributed by atoms with Gasteiger partial charge in [-0.1, -0.05) is 67.9 Å². The molecule has 250 valence electrons. The molecular formula is C35H45N7O5. The van der Waals surface area contributed by atoms with Gasteiger partial charge in [-0.05, 0) is 42.0 Å². The van der Waals surface area contributed by atoms with Crippen molar-refractivity contribution in [1.29, 1.82) is 0 Å². The van der Waals surface area contributed by atoms with Crippen LogP contribution >= 0.6 is 0 Å². The number of rotatable bonds is 4. The Hall–Kier alpha value is -4.74. The maximum absolute atomic E-state index is 13.6. The molecule has 4 bridgehead atoms. The highest BCUT2D eigenvalue weighted by Crippen LogP contribution is 2.28. The fraction of sp³-hybridized carbons (Fsp3) is 0.486. The lowest BCUT2D eigenvalue weighted by Crippen LogP contribution is -2.56. The molecule has 5 rings (SSSR count). The van der Waals surface area contributed by atoms with Gasteiger partial charge in [-0.2, -0.15) is 0 Å². The van der Waals surface area contributed by atoms with Crippen LogP contribution < -0.4 is 20.7 Å². The molecule has 0 radical (unpaired) electrons. The minimum atomic E-state index is -0.885. The summed E-state index contributed by atoms with van der Waals surface area (Å²) in [5, 5.41) is 17.2. The molecule has 1 aliphatic heterocycles. The Kier molecular flexibility index (Phi) is 11.6.